The number of ether oxygens (including phenoxy) is 1. The number of morpholine rings is 1. The van der Waals surface area contributed by atoms with Crippen LogP contribution in [0, 0.1) is 0 Å². The van der Waals surface area contributed by atoms with Gasteiger partial charge in [-0.1, -0.05) is 48.5 Å². The Morgan fingerprint density at radius 2 is 1.78 bits per heavy atom. The monoisotopic (exact) mass is 329 g/mol. The Balaban J connectivity index is 0.00000156. The van der Waals surface area contributed by atoms with E-state index in [-0.39, 0.29) is 18.5 Å². The second kappa shape index (κ2) is 7.18. The molecule has 1 aromatic heterocycles. The third-order valence-electron chi connectivity index (χ3n) is 4.16. The van der Waals surface area contributed by atoms with Crippen molar-refractivity contribution in [1.29, 1.82) is 0 Å². The fourth-order valence-electron chi connectivity index (χ4n) is 3.02. The molecule has 0 aliphatic carbocycles. The van der Waals surface area contributed by atoms with Crippen LogP contribution in [0.1, 0.15) is 17.4 Å². The van der Waals surface area contributed by atoms with Crippen LogP contribution in [0.4, 0.5) is 0 Å². The predicted molar refractivity (Wildman–Crippen MR) is 93.9 cm³/mol. The van der Waals surface area contributed by atoms with E-state index in [2.05, 4.69) is 47.4 Å². The molecular formula is C19H20ClNO2. The first-order valence-corrected chi connectivity index (χ1v) is 7.75. The maximum Gasteiger partial charge on any atom is 0.135 e. The molecular weight excluding hydrogens is 310 g/mol. The number of hydrogen-bond acceptors (Lipinski definition) is 3. The van der Waals surface area contributed by atoms with Crippen molar-refractivity contribution in [1.82, 2.24) is 4.90 Å². The van der Waals surface area contributed by atoms with Gasteiger partial charge in [0.15, 0.2) is 0 Å². The van der Waals surface area contributed by atoms with E-state index in [1.807, 2.05) is 18.2 Å². The summed E-state index contributed by atoms with van der Waals surface area (Å²) in [6.45, 7) is 3.54. The third kappa shape index (κ3) is 3.58. The highest BCUT2D eigenvalue weighted by Crippen LogP contribution is 2.28. The minimum absolute atomic E-state index is 0. The van der Waals surface area contributed by atoms with E-state index in [0.717, 1.165) is 43.0 Å². The Labute approximate surface area is 142 Å². The fraction of sp³-hybridized carbons (Fsp3) is 0.263. The summed E-state index contributed by atoms with van der Waals surface area (Å²) < 4.78 is 11.9. The Morgan fingerprint density at radius 1 is 1.00 bits per heavy atom. The van der Waals surface area contributed by atoms with Crippen LogP contribution >= 0.6 is 12.4 Å². The standard InChI is InChI=1S/C19H19NO2.ClH/c1-2-6-15(7-3-1)13-20-10-11-21-19(14-20)18-12-16-8-4-5-9-17(16)22-18;/h1-9,12,19H,10-11,13-14H2;1H. The van der Waals surface area contributed by atoms with Crippen LogP contribution < -0.4 is 0 Å². The van der Waals surface area contributed by atoms with Gasteiger partial charge in [-0.2, -0.15) is 0 Å². The SMILES string of the molecule is Cl.c1ccc(CN2CCOC(c3cc4ccccc4o3)C2)cc1. The molecule has 4 rings (SSSR count). The van der Waals surface area contributed by atoms with Gasteiger partial charge in [0, 0.05) is 25.0 Å². The summed E-state index contributed by atoms with van der Waals surface area (Å²) in [5, 5.41) is 1.14. The van der Waals surface area contributed by atoms with E-state index in [9.17, 15) is 0 Å². The molecule has 0 saturated carbocycles. The van der Waals surface area contributed by atoms with Gasteiger partial charge in [0.25, 0.3) is 0 Å². The van der Waals surface area contributed by atoms with Crippen molar-refractivity contribution >= 4 is 23.4 Å². The van der Waals surface area contributed by atoms with Crippen LogP contribution in [-0.4, -0.2) is 24.6 Å². The summed E-state index contributed by atoms with van der Waals surface area (Å²) in [7, 11) is 0. The topological polar surface area (TPSA) is 25.6 Å². The largest absolute Gasteiger partial charge is 0.458 e. The Hall–Kier alpha value is -1.81. The lowest BCUT2D eigenvalue weighted by molar-refractivity contribution is -0.0421. The van der Waals surface area contributed by atoms with Crippen LogP contribution in [0.15, 0.2) is 65.1 Å². The Kier molecular flexibility index (Phi) is 5.01. The van der Waals surface area contributed by atoms with Crippen molar-refractivity contribution in [3.05, 3.63) is 72.0 Å². The zero-order valence-corrected chi connectivity index (χ0v) is 13.7. The maximum absolute atomic E-state index is 5.95. The molecule has 1 saturated heterocycles. The van der Waals surface area contributed by atoms with Gasteiger partial charge in [-0.3, -0.25) is 4.90 Å². The van der Waals surface area contributed by atoms with Gasteiger partial charge in [-0.15, -0.1) is 12.4 Å². The molecule has 1 atom stereocenters. The Morgan fingerprint density at radius 3 is 2.61 bits per heavy atom. The summed E-state index contributed by atoms with van der Waals surface area (Å²) in [4.78, 5) is 2.43. The van der Waals surface area contributed by atoms with E-state index >= 15 is 0 Å². The van der Waals surface area contributed by atoms with Crippen molar-refractivity contribution in [2.45, 2.75) is 12.6 Å². The molecule has 1 fully saturated rings. The van der Waals surface area contributed by atoms with Gasteiger partial charge in [0.1, 0.15) is 17.4 Å². The van der Waals surface area contributed by atoms with E-state index in [4.69, 9.17) is 9.15 Å². The summed E-state index contributed by atoms with van der Waals surface area (Å²) in [5.41, 5.74) is 2.27. The van der Waals surface area contributed by atoms with E-state index in [1.165, 1.54) is 5.56 Å². The number of para-hydroxylation sites is 1. The lowest BCUT2D eigenvalue weighted by Gasteiger charge is -2.31. The van der Waals surface area contributed by atoms with Crippen molar-refractivity contribution in [3.63, 3.8) is 0 Å². The number of fused-ring (bicyclic) bond motifs is 1. The maximum atomic E-state index is 5.95. The minimum atomic E-state index is 0. The average molecular weight is 330 g/mol. The number of benzene rings is 2. The van der Waals surface area contributed by atoms with E-state index < -0.39 is 0 Å². The van der Waals surface area contributed by atoms with Gasteiger partial charge in [0.2, 0.25) is 0 Å². The van der Waals surface area contributed by atoms with Crippen LogP contribution in [0.2, 0.25) is 0 Å². The molecule has 0 bridgehead atoms. The molecule has 0 N–H and O–H groups in total. The molecule has 3 aromatic rings. The van der Waals surface area contributed by atoms with Crippen LogP contribution in [-0.2, 0) is 11.3 Å². The molecule has 0 spiro atoms. The van der Waals surface area contributed by atoms with E-state index in [0.29, 0.717) is 0 Å². The number of hydrogen-bond donors (Lipinski definition) is 0. The number of rotatable bonds is 3. The lowest BCUT2D eigenvalue weighted by Crippen LogP contribution is -2.37. The van der Waals surface area contributed by atoms with Crippen molar-refractivity contribution in [2.75, 3.05) is 19.7 Å². The molecule has 1 aliphatic rings. The van der Waals surface area contributed by atoms with Gasteiger partial charge in [-0.25, -0.2) is 0 Å². The predicted octanol–water partition coefficient (Wildman–Crippen LogP) is 4.43. The number of nitrogens with zero attached hydrogens (tertiary/aromatic N) is 1. The first kappa shape index (κ1) is 16.1. The molecule has 23 heavy (non-hydrogen) atoms. The second-order valence-electron chi connectivity index (χ2n) is 5.77. The van der Waals surface area contributed by atoms with Gasteiger partial charge >= 0.3 is 0 Å². The molecule has 0 amide bonds. The van der Waals surface area contributed by atoms with E-state index in [1.54, 1.807) is 0 Å². The summed E-state index contributed by atoms with van der Waals surface area (Å²) in [5.74, 6) is 0.930. The molecule has 2 heterocycles. The van der Waals surface area contributed by atoms with Crippen molar-refractivity contribution in [2.24, 2.45) is 0 Å². The van der Waals surface area contributed by atoms with Crippen LogP contribution in [0.25, 0.3) is 11.0 Å². The smallest absolute Gasteiger partial charge is 0.135 e. The third-order valence-corrected chi connectivity index (χ3v) is 4.16. The first-order chi connectivity index (χ1) is 10.9. The molecule has 4 heteroatoms. The first-order valence-electron chi connectivity index (χ1n) is 7.75. The second-order valence-corrected chi connectivity index (χ2v) is 5.77. The molecule has 0 radical (unpaired) electrons. The normalized spacial score (nSPS) is 18.7. The summed E-state index contributed by atoms with van der Waals surface area (Å²) in [6, 6.07) is 20.8. The minimum Gasteiger partial charge on any atom is -0.458 e. The van der Waals surface area contributed by atoms with Crippen molar-refractivity contribution < 1.29 is 9.15 Å². The van der Waals surface area contributed by atoms with Crippen molar-refractivity contribution in [3.8, 4) is 0 Å². The highest BCUT2D eigenvalue weighted by molar-refractivity contribution is 5.85. The molecule has 1 aliphatic heterocycles. The average Bonchev–Trinajstić information content (AvgIpc) is 3.00. The van der Waals surface area contributed by atoms with Crippen LogP contribution in [0.5, 0.6) is 0 Å². The quantitative estimate of drug-likeness (QED) is 0.711. The molecule has 3 nitrogen and oxygen atoms in total. The number of halogens is 1. The Bertz CT molecular complexity index is 723. The lowest BCUT2D eigenvalue weighted by atomic mass is 10.1. The highest BCUT2D eigenvalue weighted by atomic mass is 35.5. The van der Waals surface area contributed by atoms with Gasteiger partial charge in [0.05, 0.1) is 6.61 Å². The number of furan rings is 1. The molecule has 2 aromatic carbocycles. The van der Waals surface area contributed by atoms with Crippen LogP contribution in [0.3, 0.4) is 0 Å². The zero-order valence-electron chi connectivity index (χ0n) is 12.9. The van der Waals surface area contributed by atoms with Gasteiger partial charge in [-0.05, 0) is 17.7 Å². The summed E-state index contributed by atoms with van der Waals surface area (Å²) >= 11 is 0. The zero-order chi connectivity index (χ0) is 14.8. The van der Waals surface area contributed by atoms with Gasteiger partial charge < -0.3 is 9.15 Å². The summed E-state index contributed by atoms with van der Waals surface area (Å²) in [6.07, 6.45) is 0.0184. The molecule has 120 valence electrons. The highest BCUT2D eigenvalue weighted by Gasteiger charge is 2.24. The fourth-order valence-corrected chi connectivity index (χ4v) is 3.02. The molecule has 1 unspecified atom stereocenters.